The van der Waals surface area contributed by atoms with Gasteiger partial charge in [0.1, 0.15) is 5.82 Å². The number of likely N-dealkylation sites (tertiary alicyclic amines) is 1. The number of hydrogen-bond donors (Lipinski definition) is 0. The van der Waals surface area contributed by atoms with E-state index < -0.39 is 0 Å². The summed E-state index contributed by atoms with van der Waals surface area (Å²) in [5, 5.41) is 0. The topological polar surface area (TPSA) is 37.2 Å². The molecular formula is C27H37N5. The maximum Gasteiger partial charge on any atom is 0.124 e. The van der Waals surface area contributed by atoms with Crippen molar-refractivity contribution in [3.05, 3.63) is 60.2 Å². The molecule has 2 aromatic heterocycles. The van der Waals surface area contributed by atoms with Crippen molar-refractivity contribution in [2.45, 2.75) is 71.1 Å². The Morgan fingerprint density at radius 3 is 2.53 bits per heavy atom. The van der Waals surface area contributed by atoms with Crippen molar-refractivity contribution < 1.29 is 0 Å². The molecule has 3 aromatic rings. The van der Waals surface area contributed by atoms with E-state index in [0.29, 0.717) is 0 Å². The van der Waals surface area contributed by atoms with Crippen LogP contribution in [0.4, 0.5) is 0 Å². The van der Waals surface area contributed by atoms with Crippen molar-refractivity contribution in [2.24, 2.45) is 5.92 Å². The lowest BCUT2D eigenvalue weighted by molar-refractivity contribution is 0.105. The molecule has 0 unspecified atom stereocenters. The summed E-state index contributed by atoms with van der Waals surface area (Å²) in [7, 11) is 0. The Morgan fingerprint density at radius 1 is 0.969 bits per heavy atom. The summed E-state index contributed by atoms with van der Waals surface area (Å²) in [5.41, 5.74) is 3.64. The lowest BCUT2D eigenvalue weighted by Gasteiger charge is -2.37. The minimum absolute atomic E-state index is 0.767. The molecule has 0 atom stereocenters. The van der Waals surface area contributed by atoms with Crippen molar-refractivity contribution in [2.75, 3.05) is 19.6 Å². The van der Waals surface area contributed by atoms with E-state index in [1.807, 2.05) is 12.4 Å². The van der Waals surface area contributed by atoms with Crippen LogP contribution in [0, 0.1) is 5.92 Å². The van der Waals surface area contributed by atoms with Crippen LogP contribution in [0.15, 0.2) is 48.8 Å². The molecule has 0 amide bonds. The molecule has 0 bridgehead atoms. The van der Waals surface area contributed by atoms with Gasteiger partial charge in [-0.3, -0.25) is 9.88 Å². The molecule has 0 N–H and O–H groups in total. The van der Waals surface area contributed by atoms with E-state index in [-0.39, 0.29) is 0 Å². The fourth-order valence-corrected chi connectivity index (χ4v) is 5.87. The molecule has 1 aromatic carbocycles. The number of hydrogen-bond acceptors (Lipinski definition) is 4. The largest absolute Gasteiger partial charge is 0.327 e. The van der Waals surface area contributed by atoms with Crippen LogP contribution in [-0.2, 0) is 19.6 Å². The summed E-state index contributed by atoms with van der Waals surface area (Å²) in [4.78, 5) is 14.8. The van der Waals surface area contributed by atoms with E-state index >= 15 is 0 Å². The van der Waals surface area contributed by atoms with Crippen LogP contribution in [0.1, 0.15) is 56.8 Å². The monoisotopic (exact) mass is 431 g/mol. The molecule has 5 rings (SSSR count). The molecule has 0 spiro atoms. The number of aromatic nitrogens is 3. The van der Waals surface area contributed by atoms with Gasteiger partial charge in [-0.05, 0) is 75.4 Å². The smallest absolute Gasteiger partial charge is 0.124 e. The summed E-state index contributed by atoms with van der Waals surface area (Å²) in [6, 6.07) is 13.7. The molecule has 32 heavy (non-hydrogen) atoms. The lowest BCUT2D eigenvalue weighted by Crippen LogP contribution is -2.42. The van der Waals surface area contributed by atoms with Gasteiger partial charge in [0.05, 0.1) is 17.6 Å². The maximum atomic E-state index is 5.02. The molecule has 5 nitrogen and oxygen atoms in total. The van der Waals surface area contributed by atoms with E-state index in [1.54, 1.807) is 0 Å². The highest BCUT2D eigenvalue weighted by atomic mass is 15.2. The third-order valence-electron chi connectivity index (χ3n) is 7.55. The van der Waals surface area contributed by atoms with E-state index in [1.165, 1.54) is 68.5 Å². The Labute approximate surface area is 192 Å². The molecule has 1 aliphatic heterocycles. The summed E-state index contributed by atoms with van der Waals surface area (Å²) in [5.74, 6) is 1.95. The first-order valence-electron chi connectivity index (χ1n) is 12.6. The average molecular weight is 432 g/mol. The fraction of sp³-hybridized carbons (Fsp3) is 0.556. The Hall–Kier alpha value is -2.24. The van der Waals surface area contributed by atoms with Gasteiger partial charge in [-0.15, -0.1) is 0 Å². The van der Waals surface area contributed by atoms with E-state index in [0.717, 1.165) is 43.7 Å². The summed E-state index contributed by atoms with van der Waals surface area (Å²) in [6.07, 6.45) is 12.2. The molecular weight excluding hydrogens is 394 g/mol. The van der Waals surface area contributed by atoms with E-state index in [2.05, 4.69) is 62.7 Å². The molecule has 3 heterocycles. The molecule has 2 fully saturated rings. The molecule has 170 valence electrons. The molecule has 2 aliphatic rings. The predicted octanol–water partition coefficient (Wildman–Crippen LogP) is 5.11. The zero-order valence-corrected chi connectivity index (χ0v) is 19.5. The van der Waals surface area contributed by atoms with Gasteiger partial charge >= 0.3 is 0 Å². The van der Waals surface area contributed by atoms with Crippen LogP contribution in [0.25, 0.3) is 11.0 Å². The normalized spacial score (nSPS) is 18.8. The second-order valence-corrected chi connectivity index (χ2v) is 9.71. The summed E-state index contributed by atoms with van der Waals surface area (Å²) >= 11 is 0. The van der Waals surface area contributed by atoms with Crippen LogP contribution in [0.3, 0.4) is 0 Å². The van der Waals surface area contributed by atoms with E-state index in [4.69, 9.17) is 4.98 Å². The van der Waals surface area contributed by atoms with Crippen LogP contribution in [-0.4, -0.2) is 50.0 Å². The first-order valence-corrected chi connectivity index (χ1v) is 12.6. The van der Waals surface area contributed by atoms with Gasteiger partial charge < -0.3 is 9.47 Å². The number of nitrogens with zero attached hydrogens (tertiary/aromatic N) is 5. The minimum atomic E-state index is 0.767. The molecule has 5 heteroatoms. The molecule has 1 aliphatic carbocycles. The molecule has 1 saturated heterocycles. The maximum absolute atomic E-state index is 5.02. The number of rotatable bonds is 8. The SMILES string of the molecule is CCn1c(CN(Cc2cccnc2)CC2CCN(C3CCCC3)CC2)nc2ccccc21. The van der Waals surface area contributed by atoms with Crippen molar-refractivity contribution in [3.63, 3.8) is 0 Å². The minimum Gasteiger partial charge on any atom is -0.327 e. The number of benzene rings is 1. The van der Waals surface area contributed by atoms with Gasteiger partial charge in [0.25, 0.3) is 0 Å². The van der Waals surface area contributed by atoms with Crippen molar-refractivity contribution in [1.29, 1.82) is 0 Å². The Bertz CT molecular complexity index is 984. The van der Waals surface area contributed by atoms with Crippen LogP contribution in [0.2, 0.25) is 0 Å². The number of fused-ring (bicyclic) bond motifs is 1. The van der Waals surface area contributed by atoms with Gasteiger partial charge in [-0.25, -0.2) is 4.98 Å². The second kappa shape index (κ2) is 10.1. The summed E-state index contributed by atoms with van der Waals surface area (Å²) < 4.78 is 2.38. The lowest BCUT2D eigenvalue weighted by atomic mass is 9.94. The standard InChI is InChI=1S/C27H37N5/c1-2-32-26-12-6-5-11-25(26)29-27(32)21-30(20-23-8-7-15-28-18-23)19-22-13-16-31(17-14-22)24-9-3-4-10-24/h5-8,11-12,15,18,22,24H,2-4,9-10,13-14,16-17,19-21H2,1H3. The van der Waals surface area contributed by atoms with Gasteiger partial charge in [0.15, 0.2) is 0 Å². The number of piperidine rings is 1. The first kappa shape index (κ1) is 21.6. The Balaban J connectivity index is 1.30. The van der Waals surface area contributed by atoms with Crippen LogP contribution < -0.4 is 0 Å². The highest BCUT2D eigenvalue weighted by Gasteiger charge is 2.28. The second-order valence-electron chi connectivity index (χ2n) is 9.71. The molecule has 1 saturated carbocycles. The van der Waals surface area contributed by atoms with Crippen molar-refractivity contribution in [1.82, 2.24) is 24.3 Å². The van der Waals surface area contributed by atoms with Crippen LogP contribution >= 0.6 is 0 Å². The third-order valence-corrected chi connectivity index (χ3v) is 7.55. The van der Waals surface area contributed by atoms with Gasteiger partial charge in [0, 0.05) is 38.1 Å². The molecule has 0 radical (unpaired) electrons. The number of para-hydroxylation sites is 2. The summed E-state index contributed by atoms with van der Waals surface area (Å²) in [6.45, 7) is 8.70. The first-order chi connectivity index (χ1) is 15.8. The highest BCUT2D eigenvalue weighted by Crippen LogP contribution is 2.29. The van der Waals surface area contributed by atoms with Crippen molar-refractivity contribution in [3.8, 4) is 0 Å². The van der Waals surface area contributed by atoms with Gasteiger partial charge in [-0.1, -0.05) is 31.0 Å². The van der Waals surface area contributed by atoms with Crippen molar-refractivity contribution >= 4 is 11.0 Å². The Morgan fingerprint density at radius 2 is 1.78 bits per heavy atom. The number of imidazole rings is 1. The zero-order valence-electron chi connectivity index (χ0n) is 19.5. The predicted molar refractivity (Wildman–Crippen MR) is 130 cm³/mol. The fourth-order valence-electron chi connectivity index (χ4n) is 5.87. The average Bonchev–Trinajstić information content (AvgIpc) is 3.48. The zero-order chi connectivity index (χ0) is 21.8. The number of aryl methyl sites for hydroxylation is 1. The van der Waals surface area contributed by atoms with Gasteiger partial charge in [0.2, 0.25) is 0 Å². The highest BCUT2D eigenvalue weighted by molar-refractivity contribution is 5.75. The van der Waals surface area contributed by atoms with E-state index in [9.17, 15) is 0 Å². The number of pyridine rings is 1. The Kier molecular flexibility index (Phi) is 6.84. The third kappa shape index (κ3) is 4.89. The van der Waals surface area contributed by atoms with Gasteiger partial charge in [-0.2, -0.15) is 0 Å². The quantitative estimate of drug-likeness (QED) is 0.497. The van der Waals surface area contributed by atoms with Crippen LogP contribution in [0.5, 0.6) is 0 Å².